The molecule has 0 aromatic heterocycles. The Morgan fingerprint density at radius 2 is 1.71 bits per heavy atom. The number of phenolic OH excluding ortho intramolecular Hbond substituents is 2. The minimum Gasteiger partial charge on any atom is -0.508 e. The fourth-order valence-electron chi connectivity index (χ4n) is 1.95. The molecule has 4 nitrogen and oxygen atoms in total. The second kappa shape index (κ2) is 5.83. The van der Waals surface area contributed by atoms with Crippen LogP contribution in [0.5, 0.6) is 11.5 Å². The Balaban J connectivity index is 2.28. The van der Waals surface area contributed by atoms with Crippen LogP contribution >= 0.6 is 0 Å². The third kappa shape index (κ3) is 3.31. The van der Waals surface area contributed by atoms with E-state index in [1.165, 1.54) is 36.4 Å². The first-order valence-corrected chi connectivity index (χ1v) is 6.51. The predicted octanol–water partition coefficient (Wildman–Crippen LogP) is 3.61. The predicted molar refractivity (Wildman–Crippen MR) is 78.2 cm³/mol. The summed E-state index contributed by atoms with van der Waals surface area (Å²) in [7, 11) is 0. The number of amides is 1. The van der Waals surface area contributed by atoms with Gasteiger partial charge in [-0.1, -0.05) is 13.8 Å². The quantitative estimate of drug-likeness (QED) is 0.597. The third-order valence-electron chi connectivity index (χ3n) is 3.12. The highest BCUT2D eigenvalue weighted by atomic mass is 19.1. The molecule has 0 saturated heterocycles. The molecule has 0 bridgehead atoms. The van der Waals surface area contributed by atoms with Crippen LogP contribution in [0.3, 0.4) is 0 Å². The van der Waals surface area contributed by atoms with Crippen molar-refractivity contribution in [3.8, 4) is 11.5 Å². The molecule has 0 aliphatic carbocycles. The van der Waals surface area contributed by atoms with Crippen LogP contribution in [-0.4, -0.2) is 16.1 Å². The summed E-state index contributed by atoms with van der Waals surface area (Å²) < 4.78 is 12.8. The fourth-order valence-corrected chi connectivity index (χ4v) is 1.95. The van der Waals surface area contributed by atoms with Crippen molar-refractivity contribution < 1.29 is 19.4 Å². The fraction of sp³-hybridized carbons (Fsp3) is 0.188. The lowest BCUT2D eigenvalue weighted by Gasteiger charge is -2.13. The summed E-state index contributed by atoms with van der Waals surface area (Å²) in [6.07, 6.45) is 0. The number of halogens is 1. The van der Waals surface area contributed by atoms with Gasteiger partial charge in [0, 0.05) is 11.6 Å². The average molecular weight is 289 g/mol. The van der Waals surface area contributed by atoms with Crippen LogP contribution in [0.4, 0.5) is 10.1 Å². The zero-order valence-corrected chi connectivity index (χ0v) is 11.7. The van der Waals surface area contributed by atoms with Crippen molar-refractivity contribution in [2.45, 2.75) is 19.8 Å². The first kappa shape index (κ1) is 14.8. The summed E-state index contributed by atoms with van der Waals surface area (Å²) >= 11 is 0. The zero-order chi connectivity index (χ0) is 15.6. The standard InChI is InChI=1S/C16H16FNO3/c1-9(2)12-7-13(15(20)8-14(12)19)18-16(21)10-3-5-11(17)6-4-10/h3-9,19-20H,1-2H3,(H,18,21). The van der Waals surface area contributed by atoms with Crippen molar-refractivity contribution in [2.24, 2.45) is 0 Å². The van der Waals surface area contributed by atoms with E-state index in [-0.39, 0.29) is 28.7 Å². The van der Waals surface area contributed by atoms with Gasteiger partial charge in [0.15, 0.2) is 0 Å². The van der Waals surface area contributed by atoms with E-state index in [1.54, 1.807) is 0 Å². The minimum atomic E-state index is -0.467. The minimum absolute atomic E-state index is 0.0257. The zero-order valence-electron chi connectivity index (χ0n) is 11.7. The van der Waals surface area contributed by atoms with Gasteiger partial charge in [-0.15, -0.1) is 0 Å². The lowest BCUT2D eigenvalue weighted by Crippen LogP contribution is -2.12. The molecule has 0 atom stereocenters. The summed E-state index contributed by atoms with van der Waals surface area (Å²) in [6.45, 7) is 3.77. The molecule has 3 N–H and O–H groups in total. The third-order valence-corrected chi connectivity index (χ3v) is 3.12. The number of hydrogen-bond donors (Lipinski definition) is 3. The number of aromatic hydroxyl groups is 2. The Kier molecular flexibility index (Phi) is 4.12. The van der Waals surface area contributed by atoms with Crippen molar-refractivity contribution in [1.29, 1.82) is 0 Å². The van der Waals surface area contributed by atoms with Gasteiger partial charge in [0.1, 0.15) is 17.3 Å². The van der Waals surface area contributed by atoms with Crippen LogP contribution < -0.4 is 5.32 Å². The molecule has 5 heteroatoms. The summed E-state index contributed by atoms with van der Waals surface area (Å²) in [5.41, 5.74) is 1.09. The van der Waals surface area contributed by atoms with Crippen LogP contribution in [0.2, 0.25) is 0 Å². The van der Waals surface area contributed by atoms with Gasteiger partial charge in [0.05, 0.1) is 5.69 Å². The number of anilines is 1. The lowest BCUT2D eigenvalue weighted by molar-refractivity contribution is 0.102. The molecule has 0 radical (unpaired) electrons. The lowest BCUT2D eigenvalue weighted by atomic mass is 10.0. The molecule has 2 aromatic rings. The van der Waals surface area contributed by atoms with Crippen molar-refractivity contribution in [1.82, 2.24) is 0 Å². The van der Waals surface area contributed by atoms with Gasteiger partial charge < -0.3 is 15.5 Å². The van der Waals surface area contributed by atoms with Crippen LogP contribution in [0, 0.1) is 5.82 Å². The maximum Gasteiger partial charge on any atom is 0.255 e. The number of carbonyl (C=O) groups is 1. The molecule has 0 heterocycles. The molecule has 1 amide bonds. The molecular formula is C16H16FNO3. The molecule has 0 spiro atoms. The van der Waals surface area contributed by atoms with E-state index in [0.717, 1.165) is 0 Å². The number of benzene rings is 2. The first-order valence-electron chi connectivity index (χ1n) is 6.51. The Morgan fingerprint density at radius 1 is 1.10 bits per heavy atom. The van der Waals surface area contributed by atoms with Crippen LogP contribution in [0.25, 0.3) is 0 Å². The van der Waals surface area contributed by atoms with Crippen molar-refractivity contribution in [3.63, 3.8) is 0 Å². The van der Waals surface area contributed by atoms with Crippen LogP contribution in [0.15, 0.2) is 36.4 Å². The first-order chi connectivity index (χ1) is 9.88. The second-order valence-electron chi connectivity index (χ2n) is 5.04. The topological polar surface area (TPSA) is 69.6 Å². The number of nitrogens with one attached hydrogen (secondary N) is 1. The molecule has 2 rings (SSSR count). The average Bonchev–Trinajstić information content (AvgIpc) is 2.42. The van der Waals surface area contributed by atoms with Crippen LogP contribution in [-0.2, 0) is 0 Å². The van der Waals surface area contributed by atoms with E-state index in [0.29, 0.717) is 5.56 Å². The second-order valence-corrected chi connectivity index (χ2v) is 5.04. The molecule has 0 fully saturated rings. The number of hydrogen-bond acceptors (Lipinski definition) is 3. The normalized spacial score (nSPS) is 10.7. The van der Waals surface area contributed by atoms with Gasteiger partial charge in [0.2, 0.25) is 0 Å². The van der Waals surface area contributed by atoms with Gasteiger partial charge in [-0.3, -0.25) is 4.79 Å². The molecular weight excluding hydrogens is 273 g/mol. The van der Waals surface area contributed by atoms with Crippen molar-refractivity contribution in [3.05, 3.63) is 53.3 Å². The maximum atomic E-state index is 12.8. The highest BCUT2D eigenvalue weighted by Gasteiger charge is 2.14. The maximum absolute atomic E-state index is 12.8. The van der Waals surface area contributed by atoms with Crippen LogP contribution in [0.1, 0.15) is 35.7 Å². The number of carbonyl (C=O) groups excluding carboxylic acids is 1. The van der Waals surface area contributed by atoms with Gasteiger partial charge in [0.25, 0.3) is 5.91 Å². The molecule has 21 heavy (non-hydrogen) atoms. The number of phenols is 2. The van der Waals surface area contributed by atoms with Gasteiger partial charge in [-0.2, -0.15) is 0 Å². The summed E-state index contributed by atoms with van der Waals surface area (Å²) in [6, 6.07) is 7.79. The molecule has 0 aliphatic heterocycles. The van der Waals surface area contributed by atoms with Gasteiger partial charge in [-0.25, -0.2) is 4.39 Å². The van der Waals surface area contributed by atoms with E-state index in [9.17, 15) is 19.4 Å². The SMILES string of the molecule is CC(C)c1cc(NC(=O)c2ccc(F)cc2)c(O)cc1O. The smallest absolute Gasteiger partial charge is 0.255 e. The van der Waals surface area contributed by atoms with E-state index in [4.69, 9.17) is 0 Å². The molecule has 0 saturated carbocycles. The highest BCUT2D eigenvalue weighted by Crippen LogP contribution is 2.35. The molecule has 0 unspecified atom stereocenters. The van der Waals surface area contributed by atoms with Crippen molar-refractivity contribution >= 4 is 11.6 Å². The summed E-state index contributed by atoms with van der Waals surface area (Å²) in [4.78, 5) is 12.0. The van der Waals surface area contributed by atoms with Gasteiger partial charge in [-0.05, 0) is 41.8 Å². The Bertz CT molecular complexity index is 666. The monoisotopic (exact) mass is 289 g/mol. The Hall–Kier alpha value is -2.56. The van der Waals surface area contributed by atoms with E-state index >= 15 is 0 Å². The van der Waals surface area contributed by atoms with E-state index in [2.05, 4.69) is 5.32 Å². The summed E-state index contributed by atoms with van der Waals surface area (Å²) in [5, 5.41) is 22.1. The molecule has 0 aliphatic rings. The van der Waals surface area contributed by atoms with E-state index in [1.807, 2.05) is 13.8 Å². The molecule has 110 valence electrons. The highest BCUT2D eigenvalue weighted by molar-refractivity contribution is 6.05. The van der Waals surface area contributed by atoms with E-state index < -0.39 is 11.7 Å². The van der Waals surface area contributed by atoms with Crippen molar-refractivity contribution in [2.75, 3.05) is 5.32 Å². The number of rotatable bonds is 3. The Morgan fingerprint density at radius 3 is 2.29 bits per heavy atom. The van der Waals surface area contributed by atoms with Gasteiger partial charge >= 0.3 is 0 Å². The largest absolute Gasteiger partial charge is 0.508 e. The summed E-state index contributed by atoms with van der Waals surface area (Å²) in [5.74, 6) is -1.12. The molecule has 2 aromatic carbocycles. The Labute approximate surface area is 121 Å².